The maximum absolute atomic E-state index is 13.0. The van der Waals surface area contributed by atoms with Crippen molar-refractivity contribution in [2.75, 3.05) is 18.1 Å². The van der Waals surface area contributed by atoms with Crippen molar-refractivity contribution >= 4 is 17.7 Å². The highest BCUT2D eigenvalue weighted by molar-refractivity contribution is 7.99. The fourth-order valence-electron chi connectivity index (χ4n) is 3.49. The van der Waals surface area contributed by atoms with Crippen LogP contribution in [0.2, 0.25) is 0 Å². The van der Waals surface area contributed by atoms with E-state index in [0.29, 0.717) is 12.0 Å². The standard InChI is InChI=1S/C19H24FNO2S/c20-16-5-3-15(4-6-16)18(22)13-17-2-1-9-21(17)19(23)12-14-7-10-24-11-8-14/h3-6,12,17-18,22H,1-2,7-11,13H2. The van der Waals surface area contributed by atoms with Gasteiger partial charge >= 0.3 is 0 Å². The summed E-state index contributed by atoms with van der Waals surface area (Å²) in [7, 11) is 0. The Balaban J connectivity index is 1.62. The first-order valence-corrected chi connectivity index (χ1v) is 9.80. The number of aliphatic hydroxyl groups excluding tert-OH is 1. The molecule has 2 saturated heterocycles. The van der Waals surface area contributed by atoms with Crippen LogP contribution >= 0.6 is 11.8 Å². The van der Waals surface area contributed by atoms with E-state index >= 15 is 0 Å². The van der Waals surface area contributed by atoms with Gasteiger partial charge in [0.1, 0.15) is 5.82 Å². The third-order valence-electron chi connectivity index (χ3n) is 4.87. The topological polar surface area (TPSA) is 40.5 Å². The van der Waals surface area contributed by atoms with E-state index in [4.69, 9.17) is 0 Å². The smallest absolute Gasteiger partial charge is 0.246 e. The minimum Gasteiger partial charge on any atom is -0.388 e. The molecule has 0 aliphatic carbocycles. The van der Waals surface area contributed by atoms with Crippen LogP contribution in [-0.2, 0) is 4.79 Å². The van der Waals surface area contributed by atoms with Crippen LogP contribution in [0.15, 0.2) is 35.9 Å². The van der Waals surface area contributed by atoms with Gasteiger partial charge in [0.2, 0.25) is 5.91 Å². The van der Waals surface area contributed by atoms with Gasteiger partial charge in [-0.3, -0.25) is 4.79 Å². The maximum Gasteiger partial charge on any atom is 0.246 e. The van der Waals surface area contributed by atoms with Gasteiger partial charge in [-0.25, -0.2) is 4.39 Å². The Morgan fingerprint density at radius 2 is 2.04 bits per heavy atom. The van der Waals surface area contributed by atoms with Crippen molar-refractivity contribution in [3.63, 3.8) is 0 Å². The highest BCUT2D eigenvalue weighted by Crippen LogP contribution is 2.29. The maximum atomic E-state index is 13.0. The number of carbonyl (C=O) groups is 1. The second-order valence-electron chi connectivity index (χ2n) is 6.55. The monoisotopic (exact) mass is 349 g/mol. The summed E-state index contributed by atoms with van der Waals surface area (Å²) >= 11 is 1.94. The molecule has 2 aliphatic rings. The molecule has 2 aliphatic heterocycles. The zero-order valence-electron chi connectivity index (χ0n) is 13.8. The second kappa shape index (κ2) is 8.17. The summed E-state index contributed by atoms with van der Waals surface area (Å²) in [5.74, 6) is 1.99. The number of aliphatic hydroxyl groups is 1. The summed E-state index contributed by atoms with van der Waals surface area (Å²) in [6.07, 6.45) is 5.58. The molecule has 1 aromatic carbocycles. The first-order chi connectivity index (χ1) is 11.6. The van der Waals surface area contributed by atoms with Crippen molar-refractivity contribution in [1.82, 2.24) is 4.90 Å². The third kappa shape index (κ3) is 4.39. The number of carbonyl (C=O) groups excluding carboxylic acids is 1. The van der Waals surface area contributed by atoms with E-state index < -0.39 is 6.10 Å². The highest BCUT2D eigenvalue weighted by atomic mass is 32.2. The average Bonchev–Trinajstić information content (AvgIpc) is 3.04. The minimum atomic E-state index is -0.664. The molecule has 130 valence electrons. The molecule has 1 aromatic rings. The Morgan fingerprint density at radius 1 is 1.33 bits per heavy atom. The number of amides is 1. The molecule has 2 fully saturated rings. The highest BCUT2D eigenvalue weighted by Gasteiger charge is 2.30. The zero-order valence-corrected chi connectivity index (χ0v) is 14.6. The van der Waals surface area contributed by atoms with Crippen molar-refractivity contribution in [3.8, 4) is 0 Å². The molecule has 0 spiro atoms. The first-order valence-electron chi connectivity index (χ1n) is 8.65. The van der Waals surface area contributed by atoms with Gasteiger partial charge in [-0.1, -0.05) is 17.7 Å². The minimum absolute atomic E-state index is 0.0624. The van der Waals surface area contributed by atoms with Crippen LogP contribution in [0, 0.1) is 5.82 Å². The molecule has 3 nitrogen and oxygen atoms in total. The van der Waals surface area contributed by atoms with Gasteiger partial charge in [0.25, 0.3) is 0 Å². The molecule has 1 N–H and O–H groups in total. The lowest BCUT2D eigenvalue weighted by atomic mass is 10.00. The zero-order chi connectivity index (χ0) is 16.9. The Kier molecular flexibility index (Phi) is 5.95. The predicted molar refractivity (Wildman–Crippen MR) is 95.4 cm³/mol. The number of likely N-dealkylation sites (tertiary alicyclic amines) is 1. The van der Waals surface area contributed by atoms with Crippen LogP contribution in [0.3, 0.4) is 0 Å². The fraction of sp³-hybridized carbons (Fsp3) is 0.526. The number of hydrogen-bond donors (Lipinski definition) is 1. The van der Waals surface area contributed by atoms with Crippen molar-refractivity contribution in [3.05, 3.63) is 47.3 Å². The number of rotatable bonds is 4. The molecular formula is C19H24FNO2S. The van der Waals surface area contributed by atoms with E-state index in [2.05, 4.69) is 0 Å². The molecule has 2 heterocycles. The lowest BCUT2D eigenvalue weighted by Crippen LogP contribution is -2.35. The Hall–Kier alpha value is -1.33. The van der Waals surface area contributed by atoms with E-state index in [1.54, 1.807) is 12.1 Å². The van der Waals surface area contributed by atoms with Crippen LogP contribution in [0.1, 0.15) is 43.8 Å². The van der Waals surface area contributed by atoms with Crippen LogP contribution in [-0.4, -0.2) is 40.0 Å². The van der Waals surface area contributed by atoms with Crippen LogP contribution in [0.4, 0.5) is 4.39 Å². The summed E-state index contributed by atoms with van der Waals surface area (Å²) in [4.78, 5) is 14.5. The van der Waals surface area contributed by atoms with Gasteiger partial charge in [-0.2, -0.15) is 11.8 Å². The van der Waals surface area contributed by atoms with Gasteiger partial charge in [-0.15, -0.1) is 0 Å². The van der Waals surface area contributed by atoms with E-state index in [-0.39, 0.29) is 17.8 Å². The molecular weight excluding hydrogens is 325 g/mol. The normalized spacial score (nSPS) is 22.5. The molecule has 0 bridgehead atoms. The third-order valence-corrected chi connectivity index (χ3v) is 5.86. The lowest BCUT2D eigenvalue weighted by Gasteiger charge is -2.26. The number of halogens is 1. The van der Waals surface area contributed by atoms with Gasteiger partial charge in [-0.05, 0) is 61.3 Å². The quantitative estimate of drug-likeness (QED) is 0.843. The van der Waals surface area contributed by atoms with Gasteiger partial charge in [0.05, 0.1) is 6.10 Å². The number of nitrogens with zero attached hydrogens (tertiary/aromatic N) is 1. The first kappa shape index (κ1) is 17.5. The number of allylic oxidation sites excluding steroid dienone is 1. The van der Waals surface area contributed by atoms with Gasteiger partial charge in [0, 0.05) is 18.7 Å². The van der Waals surface area contributed by atoms with E-state index in [0.717, 1.165) is 43.7 Å². The van der Waals surface area contributed by atoms with Gasteiger partial charge in [0.15, 0.2) is 0 Å². The van der Waals surface area contributed by atoms with Crippen molar-refractivity contribution in [2.24, 2.45) is 0 Å². The average molecular weight is 349 g/mol. The fourth-order valence-corrected chi connectivity index (χ4v) is 4.50. The Bertz CT molecular complexity index is 594. The van der Waals surface area contributed by atoms with E-state index in [9.17, 15) is 14.3 Å². The molecule has 3 rings (SSSR count). The Morgan fingerprint density at radius 3 is 2.75 bits per heavy atom. The largest absolute Gasteiger partial charge is 0.388 e. The summed E-state index contributed by atoms with van der Waals surface area (Å²) in [5.41, 5.74) is 1.96. The van der Waals surface area contributed by atoms with Crippen molar-refractivity contribution in [2.45, 2.75) is 44.2 Å². The SMILES string of the molecule is O=C(C=C1CCSCC1)N1CCCC1CC(O)c1ccc(F)cc1. The van der Waals surface area contributed by atoms with E-state index in [1.165, 1.54) is 17.7 Å². The van der Waals surface area contributed by atoms with Crippen molar-refractivity contribution < 1.29 is 14.3 Å². The van der Waals surface area contributed by atoms with Crippen LogP contribution in [0.5, 0.6) is 0 Å². The molecule has 2 atom stereocenters. The molecule has 5 heteroatoms. The summed E-state index contributed by atoms with van der Waals surface area (Å²) in [6.45, 7) is 0.762. The number of hydrogen-bond acceptors (Lipinski definition) is 3. The van der Waals surface area contributed by atoms with Crippen LogP contribution < -0.4 is 0 Å². The number of benzene rings is 1. The van der Waals surface area contributed by atoms with Crippen LogP contribution in [0.25, 0.3) is 0 Å². The molecule has 2 unspecified atom stereocenters. The molecule has 0 saturated carbocycles. The molecule has 0 radical (unpaired) electrons. The lowest BCUT2D eigenvalue weighted by molar-refractivity contribution is -0.127. The summed E-state index contributed by atoms with van der Waals surface area (Å²) < 4.78 is 13.0. The van der Waals surface area contributed by atoms with E-state index in [1.807, 2.05) is 22.7 Å². The molecule has 1 amide bonds. The van der Waals surface area contributed by atoms with Gasteiger partial charge < -0.3 is 10.0 Å². The Labute approximate surface area is 146 Å². The second-order valence-corrected chi connectivity index (χ2v) is 7.77. The summed E-state index contributed by atoms with van der Waals surface area (Å²) in [6, 6.07) is 6.02. The predicted octanol–water partition coefficient (Wildman–Crippen LogP) is 3.69. The number of thioether (sulfide) groups is 1. The van der Waals surface area contributed by atoms with Crippen molar-refractivity contribution in [1.29, 1.82) is 0 Å². The summed E-state index contributed by atoms with van der Waals surface area (Å²) in [5, 5.41) is 10.4. The molecule has 0 aromatic heterocycles. The molecule has 24 heavy (non-hydrogen) atoms.